The summed E-state index contributed by atoms with van der Waals surface area (Å²) in [6, 6.07) is 11.0. The third-order valence-corrected chi connectivity index (χ3v) is 6.70. The second-order valence-electron chi connectivity index (χ2n) is 8.71. The SMILES string of the molecule is CC.CC(C)(C)OC=O.CN1CCCC1c1nc2ccc(-c3cc4oc(Br)cc4s3)cc2[nH]1. The Balaban J connectivity index is 0.000000295. The van der Waals surface area contributed by atoms with Gasteiger partial charge in [-0.25, -0.2) is 4.98 Å². The molecule has 0 aliphatic carbocycles. The molecule has 1 saturated heterocycles. The fraction of sp³-hybridized carbons (Fsp3) is 0.440. The van der Waals surface area contributed by atoms with Gasteiger partial charge in [0.2, 0.25) is 0 Å². The molecule has 1 unspecified atom stereocenters. The molecular weight excluding hydrogens is 502 g/mol. The number of nitrogens with one attached hydrogen (secondary N) is 1. The van der Waals surface area contributed by atoms with Crippen LogP contribution in [0.1, 0.15) is 59.3 Å². The van der Waals surface area contributed by atoms with Gasteiger partial charge in [-0.1, -0.05) is 19.9 Å². The van der Waals surface area contributed by atoms with Crippen molar-refractivity contribution >= 4 is 55.1 Å². The summed E-state index contributed by atoms with van der Waals surface area (Å²) in [6.07, 6.45) is 2.42. The number of rotatable bonds is 3. The number of ether oxygens (including phenoxy) is 1. The molecule has 0 saturated carbocycles. The molecule has 0 radical (unpaired) electrons. The number of aromatic nitrogens is 2. The predicted molar refractivity (Wildman–Crippen MR) is 140 cm³/mol. The topological polar surface area (TPSA) is 71.4 Å². The lowest BCUT2D eigenvalue weighted by Gasteiger charge is -2.16. The fourth-order valence-electron chi connectivity index (χ4n) is 3.69. The van der Waals surface area contributed by atoms with Crippen LogP contribution in [-0.2, 0) is 9.53 Å². The highest BCUT2D eigenvalue weighted by Crippen LogP contribution is 2.38. The first-order valence-electron chi connectivity index (χ1n) is 11.2. The summed E-state index contributed by atoms with van der Waals surface area (Å²) < 4.78 is 12.1. The lowest BCUT2D eigenvalue weighted by molar-refractivity contribution is -0.138. The minimum absolute atomic E-state index is 0.318. The van der Waals surface area contributed by atoms with Gasteiger partial charge in [-0.2, -0.15) is 0 Å². The first kappa shape index (κ1) is 25.5. The molecule has 4 heterocycles. The van der Waals surface area contributed by atoms with Gasteiger partial charge in [-0.05, 0) is 80.8 Å². The Morgan fingerprint density at radius 3 is 2.61 bits per heavy atom. The largest absolute Gasteiger partial charge is 0.462 e. The van der Waals surface area contributed by atoms with E-state index in [1.165, 1.54) is 23.3 Å². The number of halogens is 1. The molecule has 8 heteroatoms. The predicted octanol–water partition coefficient (Wildman–Crippen LogP) is 7.55. The molecule has 1 aliphatic rings. The average Bonchev–Trinajstić information content (AvgIpc) is 3.51. The molecule has 3 aromatic heterocycles. The molecule has 0 bridgehead atoms. The standard InChI is InChI=1S/C18H16BrN3OS.C5H10O2.C2H6/c1-22-6-2-3-13(22)18-20-11-5-4-10(7-12(11)21-18)15-8-14-16(24-15)9-17(19)23-14;1-5(2,3)7-4-6;1-2/h4-5,7-9,13H,2-3,6H2,1H3,(H,20,21);4H,1-3H3;1-2H3. The van der Waals surface area contributed by atoms with Crippen molar-refractivity contribution in [3.05, 3.63) is 40.8 Å². The summed E-state index contributed by atoms with van der Waals surface area (Å²) in [5.41, 5.74) is 3.96. The van der Waals surface area contributed by atoms with E-state index < -0.39 is 0 Å². The number of carbonyl (C=O) groups excluding carboxylic acids is 1. The van der Waals surface area contributed by atoms with Gasteiger partial charge in [-0.3, -0.25) is 9.69 Å². The van der Waals surface area contributed by atoms with Crippen LogP contribution in [0, 0.1) is 0 Å². The second kappa shape index (κ2) is 10.8. The third-order valence-electron chi connectivity index (χ3n) is 5.20. The summed E-state index contributed by atoms with van der Waals surface area (Å²) in [4.78, 5) is 21.5. The highest BCUT2D eigenvalue weighted by atomic mass is 79.9. The van der Waals surface area contributed by atoms with E-state index in [-0.39, 0.29) is 5.60 Å². The molecule has 178 valence electrons. The van der Waals surface area contributed by atoms with Crippen LogP contribution in [0.2, 0.25) is 0 Å². The number of nitrogens with zero attached hydrogens (tertiary/aromatic N) is 2. The van der Waals surface area contributed by atoms with Crippen LogP contribution in [0.3, 0.4) is 0 Å². The summed E-state index contributed by atoms with van der Waals surface area (Å²) in [5, 5.41) is 0. The number of likely N-dealkylation sites (tertiary alicyclic amines) is 1. The highest BCUT2D eigenvalue weighted by molar-refractivity contribution is 9.10. The van der Waals surface area contributed by atoms with Crippen molar-refractivity contribution in [2.45, 2.75) is 59.1 Å². The van der Waals surface area contributed by atoms with Gasteiger partial charge in [0.1, 0.15) is 17.0 Å². The van der Waals surface area contributed by atoms with E-state index in [1.807, 2.05) is 40.7 Å². The Morgan fingerprint density at radius 2 is 2.03 bits per heavy atom. The van der Waals surface area contributed by atoms with E-state index in [1.54, 1.807) is 11.3 Å². The number of hydrogen-bond donors (Lipinski definition) is 1. The van der Waals surface area contributed by atoms with Gasteiger partial charge in [0, 0.05) is 17.0 Å². The van der Waals surface area contributed by atoms with Crippen LogP contribution in [-0.4, -0.2) is 40.5 Å². The summed E-state index contributed by atoms with van der Waals surface area (Å²) in [5.74, 6) is 1.09. The summed E-state index contributed by atoms with van der Waals surface area (Å²) in [7, 11) is 2.18. The number of imidazole rings is 1. The molecule has 1 fully saturated rings. The Kier molecular flexibility index (Phi) is 8.37. The molecule has 33 heavy (non-hydrogen) atoms. The van der Waals surface area contributed by atoms with Gasteiger partial charge < -0.3 is 14.1 Å². The molecule has 0 amide bonds. The monoisotopic (exact) mass is 533 g/mol. The molecular formula is C25H32BrN3O3S. The smallest absolute Gasteiger partial charge is 0.293 e. The third kappa shape index (κ3) is 6.25. The molecule has 5 rings (SSSR count). The highest BCUT2D eigenvalue weighted by Gasteiger charge is 2.25. The molecule has 6 nitrogen and oxygen atoms in total. The number of aromatic amines is 1. The summed E-state index contributed by atoms with van der Waals surface area (Å²) >= 11 is 5.13. The maximum Gasteiger partial charge on any atom is 0.293 e. The maximum absolute atomic E-state index is 9.60. The first-order chi connectivity index (χ1) is 15.7. The van der Waals surface area contributed by atoms with Gasteiger partial charge in [0.25, 0.3) is 6.47 Å². The van der Waals surface area contributed by atoms with Crippen LogP contribution < -0.4 is 0 Å². The Labute approximate surface area is 207 Å². The lowest BCUT2D eigenvalue weighted by Crippen LogP contribution is -2.18. The van der Waals surface area contributed by atoms with Crippen LogP contribution in [0.5, 0.6) is 0 Å². The van der Waals surface area contributed by atoms with Gasteiger partial charge >= 0.3 is 0 Å². The van der Waals surface area contributed by atoms with E-state index >= 15 is 0 Å². The number of H-pyrrole nitrogens is 1. The van der Waals surface area contributed by atoms with E-state index in [0.29, 0.717) is 12.5 Å². The molecule has 0 spiro atoms. The zero-order valence-corrected chi connectivity index (χ0v) is 22.5. The number of benzene rings is 1. The molecule has 1 aromatic carbocycles. The molecule has 1 atom stereocenters. The van der Waals surface area contributed by atoms with E-state index in [9.17, 15) is 4.79 Å². The number of furan rings is 1. The van der Waals surface area contributed by atoms with Crippen molar-refractivity contribution in [1.29, 1.82) is 0 Å². The number of carbonyl (C=O) groups is 1. The number of fused-ring (bicyclic) bond motifs is 2. The zero-order valence-electron chi connectivity index (χ0n) is 20.1. The van der Waals surface area contributed by atoms with E-state index in [4.69, 9.17) is 9.40 Å². The van der Waals surface area contributed by atoms with Gasteiger partial charge in [0.15, 0.2) is 4.67 Å². The van der Waals surface area contributed by atoms with Crippen LogP contribution in [0.4, 0.5) is 0 Å². The zero-order chi connectivity index (χ0) is 24.2. The maximum atomic E-state index is 9.60. The quantitative estimate of drug-likeness (QED) is 0.275. The van der Waals surface area contributed by atoms with Crippen LogP contribution >= 0.6 is 27.3 Å². The number of hydrogen-bond acceptors (Lipinski definition) is 6. The second-order valence-corrected chi connectivity index (χ2v) is 10.6. The first-order valence-corrected chi connectivity index (χ1v) is 12.8. The van der Waals surface area contributed by atoms with Crippen molar-refractivity contribution in [2.75, 3.05) is 13.6 Å². The van der Waals surface area contributed by atoms with Gasteiger partial charge in [-0.15, -0.1) is 11.3 Å². The van der Waals surface area contributed by atoms with Gasteiger partial charge in [0.05, 0.1) is 21.8 Å². The normalized spacial score (nSPS) is 16.3. The minimum Gasteiger partial charge on any atom is -0.462 e. The van der Waals surface area contributed by atoms with Crippen molar-refractivity contribution < 1.29 is 13.9 Å². The Morgan fingerprint density at radius 1 is 1.27 bits per heavy atom. The summed E-state index contributed by atoms with van der Waals surface area (Å²) in [6.45, 7) is 11.1. The van der Waals surface area contributed by atoms with Crippen LogP contribution in [0.25, 0.3) is 31.8 Å². The van der Waals surface area contributed by atoms with E-state index in [0.717, 1.165) is 38.4 Å². The molecule has 1 N–H and O–H groups in total. The van der Waals surface area contributed by atoms with Crippen molar-refractivity contribution in [2.24, 2.45) is 0 Å². The van der Waals surface area contributed by atoms with Crippen molar-refractivity contribution in [1.82, 2.24) is 14.9 Å². The van der Waals surface area contributed by atoms with Crippen LogP contribution in [0.15, 0.2) is 39.4 Å². The number of thiophene rings is 1. The Hall–Kier alpha value is -2.16. The molecule has 4 aromatic rings. The lowest BCUT2D eigenvalue weighted by atomic mass is 10.1. The van der Waals surface area contributed by atoms with Crippen molar-refractivity contribution in [3.63, 3.8) is 0 Å². The minimum atomic E-state index is -0.318. The van der Waals surface area contributed by atoms with E-state index in [2.05, 4.69) is 61.9 Å². The van der Waals surface area contributed by atoms with Crippen molar-refractivity contribution in [3.8, 4) is 10.4 Å². The average molecular weight is 535 g/mol. The Bertz CT molecular complexity index is 1170. The molecule has 1 aliphatic heterocycles. The fourth-order valence-corrected chi connectivity index (χ4v) is 5.26.